The highest BCUT2D eigenvalue weighted by atomic mass is 19.1. The molecule has 6 nitrogen and oxygen atoms in total. The second-order valence-electron chi connectivity index (χ2n) is 6.54. The van der Waals surface area contributed by atoms with E-state index in [0.29, 0.717) is 31.0 Å². The quantitative estimate of drug-likeness (QED) is 0.823. The number of benzene rings is 2. The molecule has 0 aromatic heterocycles. The van der Waals surface area contributed by atoms with Gasteiger partial charge in [0.25, 0.3) is 0 Å². The fourth-order valence-electron chi connectivity index (χ4n) is 3.20. The maximum atomic E-state index is 13.5. The first-order valence-corrected chi connectivity index (χ1v) is 8.79. The third kappa shape index (κ3) is 3.84. The molecular weight excluding hydrogens is 349 g/mol. The van der Waals surface area contributed by atoms with Crippen LogP contribution in [0.15, 0.2) is 47.5 Å². The molecule has 0 aliphatic carbocycles. The number of nitrogens with zero attached hydrogens (tertiary/aromatic N) is 2. The van der Waals surface area contributed by atoms with E-state index in [-0.39, 0.29) is 18.0 Å². The number of anilines is 2. The minimum Gasteiger partial charge on any atom is -0.369 e. The van der Waals surface area contributed by atoms with Gasteiger partial charge in [0, 0.05) is 24.6 Å². The van der Waals surface area contributed by atoms with Crippen LogP contribution in [0.3, 0.4) is 0 Å². The molecule has 1 amide bonds. The van der Waals surface area contributed by atoms with Crippen LogP contribution < -0.4 is 10.2 Å². The molecule has 0 spiro atoms. The van der Waals surface area contributed by atoms with Gasteiger partial charge in [-0.3, -0.25) is 9.79 Å². The van der Waals surface area contributed by atoms with Crippen molar-refractivity contribution >= 4 is 29.2 Å². The van der Waals surface area contributed by atoms with Crippen molar-refractivity contribution in [2.24, 2.45) is 4.99 Å². The van der Waals surface area contributed by atoms with Crippen LogP contribution in [0.1, 0.15) is 11.5 Å². The van der Waals surface area contributed by atoms with Gasteiger partial charge in [-0.15, -0.1) is 0 Å². The Morgan fingerprint density at radius 3 is 2.70 bits per heavy atom. The van der Waals surface area contributed by atoms with Crippen LogP contribution in [-0.4, -0.2) is 45.2 Å². The van der Waals surface area contributed by atoms with Gasteiger partial charge in [0.1, 0.15) is 11.7 Å². The van der Waals surface area contributed by atoms with Crippen LogP contribution in [-0.2, 0) is 14.3 Å². The van der Waals surface area contributed by atoms with E-state index in [1.165, 1.54) is 12.1 Å². The van der Waals surface area contributed by atoms with Crippen LogP contribution in [0.2, 0.25) is 0 Å². The molecule has 27 heavy (non-hydrogen) atoms. The molecule has 0 bridgehead atoms. The molecule has 2 aromatic rings. The van der Waals surface area contributed by atoms with E-state index in [4.69, 9.17) is 9.47 Å². The molecule has 2 aliphatic rings. The number of hydrogen-bond donors (Lipinski definition) is 1. The van der Waals surface area contributed by atoms with Crippen LogP contribution in [0.25, 0.3) is 0 Å². The van der Waals surface area contributed by atoms with Crippen molar-refractivity contribution in [2.45, 2.75) is 12.2 Å². The average Bonchev–Trinajstić information content (AvgIpc) is 3.27. The van der Waals surface area contributed by atoms with E-state index in [1.54, 1.807) is 12.3 Å². The first-order chi connectivity index (χ1) is 13.1. The third-order valence-corrected chi connectivity index (χ3v) is 4.67. The Morgan fingerprint density at radius 2 is 1.96 bits per heavy atom. The van der Waals surface area contributed by atoms with E-state index in [2.05, 4.69) is 10.3 Å². The topological polar surface area (TPSA) is 63.2 Å². The number of likely N-dealkylation sites (N-methyl/N-ethyl adjacent to an activating group) is 1. The van der Waals surface area contributed by atoms with Gasteiger partial charge in [-0.1, -0.05) is 0 Å². The Hall–Kier alpha value is -2.77. The zero-order valence-electron chi connectivity index (χ0n) is 14.9. The Bertz CT molecular complexity index is 863. The lowest BCUT2D eigenvalue weighted by Crippen LogP contribution is -2.29. The summed E-state index contributed by atoms with van der Waals surface area (Å²) in [5.41, 5.74) is 2.97. The van der Waals surface area contributed by atoms with E-state index in [1.807, 2.05) is 36.2 Å². The fourth-order valence-corrected chi connectivity index (χ4v) is 3.20. The maximum Gasteiger partial charge on any atom is 0.237 e. The lowest BCUT2D eigenvalue weighted by molar-refractivity contribution is -0.115. The zero-order valence-corrected chi connectivity index (χ0v) is 14.9. The minimum atomic E-state index is -0.588. The van der Waals surface area contributed by atoms with E-state index in [0.717, 1.165) is 11.4 Å². The number of halogens is 1. The highest BCUT2D eigenvalue weighted by Crippen LogP contribution is 2.32. The summed E-state index contributed by atoms with van der Waals surface area (Å²) in [5.74, 6) is -1.16. The molecule has 1 unspecified atom stereocenters. The average molecular weight is 369 g/mol. The van der Waals surface area contributed by atoms with Gasteiger partial charge < -0.3 is 19.7 Å². The Balaban J connectivity index is 1.44. The van der Waals surface area contributed by atoms with Crippen LogP contribution >= 0.6 is 0 Å². The predicted octanol–water partition coefficient (Wildman–Crippen LogP) is 3.07. The molecule has 2 heterocycles. The van der Waals surface area contributed by atoms with Crippen molar-refractivity contribution in [3.63, 3.8) is 0 Å². The number of aliphatic imine (C=N–C) groups is 1. The van der Waals surface area contributed by atoms with Crippen LogP contribution in [0.4, 0.5) is 21.5 Å². The predicted molar refractivity (Wildman–Crippen MR) is 101 cm³/mol. The Morgan fingerprint density at radius 1 is 1.22 bits per heavy atom. The van der Waals surface area contributed by atoms with E-state index < -0.39 is 5.92 Å². The van der Waals surface area contributed by atoms with Gasteiger partial charge in [-0.25, -0.2) is 4.39 Å². The molecule has 140 valence electrons. The SMILES string of the molecule is CN(CC1OCCO1)c1ccc(N=CC2C(=O)Nc3ccc(F)cc32)cc1. The smallest absolute Gasteiger partial charge is 0.237 e. The van der Waals surface area contributed by atoms with Crippen molar-refractivity contribution < 1.29 is 18.7 Å². The first kappa shape index (κ1) is 17.6. The van der Waals surface area contributed by atoms with Crippen molar-refractivity contribution in [1.82, 2.24) is 0 Å². The lowest BCUT2D eigenvalue weighted by atomic mass is 10.0. The summed E-state index contributed by atoms with van der Waals surface area (Å²) in [6, 6.07) is 11.9. The molecule has 1 atom stereocenters. The summed E-state index contributed by atoms with van der Waals surface area (Å²) in [6.45, 7) is 1.91. The summed E-state index contributed by atoms with van der Waals surface area (Å²) in [6.07, 6.45) is 1.36. The molecular formula is C20H20FN3O3. The van der Waals surface area contributed by atoms with Crippen LogP contribution in [0, 0.1) is 5.82 Å². The first-order valence-electron chi connectivity index (χ1n) is 8.79. The molecule has 0 saturated carbocycles. The van der Waals surface area contributed by atoms with Gasteiger partial charge in [-0.05, 0) is 48.0 Å². The number of amides is 1. The number of hydrogen-bond acceptors (Lipinski definition) is 5. The molecule has 4 rings (SSSR count). The van der Waals surface area contributed by atoms with Crippen molar-refractivity contribution in [3.05, 3.63) is 53.8 Å². The standard InChI is InChI=1S/C20H20FN3O3/c1-24(12-19-26-8-9-27-19)15-5-3-14(4-6-15)22-11-17-16-10-13(21)2-7-18(16)23-20(17)25/h2-7,10-11,17,19H,8-9,12H2,1H3,(H,23,25). The van der Waals surface area contributed by atoms with E-state index >= 15 is 0 Å². The highest BCUT2D eigenvalue weighted by molar-refractivity contribution is 6.12. The normalized spacial score (nSPS) is 19.5. The Labute approximate surface area is 156 Å². The van der Waals surface area contributed by atoms with Crippen molar-refractivity contribution in [1.29, 1.82) is 0 Å². The largest absolute Gasteiger partial charge is 0.369 e. The summed E-state index contributed by atoms with van der Waals surface area (Å²) in [4.78, 5) is 18.6. The second kappa shape index (κ2) is 7.46. The van der Waals surface area contributed by atoms with E-state index in [9.17, 15) is 9.18 Å². The van der Waals surface area contributed by atoms with Gasteiger partial charge in [-0.2, -0.15) is 0 Å². The lowest BCUT2D eigenvalue weighted by Gasteiger charge is -2.22. The molecule has 1 saturated heterocycles. The van der Waals surface area contributed by atoms with Crippen molar-refractivity contribution in [2.75, 3.05) is 37.0 Å². The van der Waals surface area contributed by atoms with Gasteiger partial charge in [0.15, 0.2) is 6.29 Å². The molecule has 7 heteroatoms. The summed E-state index contributed by atoms with van der Waals surface area (Å²) >= 11 is 0. The summed E-state index contributed by atoms with van der Waals surface area (Å²) < 4.78 is 24.4. The molecule has 1 fully saturated rings. The molecule has 1 N–H and O–H groups in total. The summed E-state index contributed by atoms with van der Waals surface area (Å²) in [7, 11) is 1.97. The monoisotopic (exact) mass is 369 g/mol. The molecule has 0 radical (unpaired) electrons. The number of rotatable bonds is 5. The fraction of sp³-hybridized carbons (Fsp3) is 0.300. The molecule has 2 aromatic carbocycles. The molecule has 2 aliphatic heterocycles. The third-order valence-electron chi connectivity index (χ3n) is 4.67. The number of nitrogens with one attached hydrogen (secondary N) is 1. The Kier molecular flexibility index (Phi) is 4.87. The van der Waals surface area contributed by atoms with Gasteiger partial charge in [0.05, 0.1) is 25.4 Å². The number of ether oxygens (including phenoxy) is 2. The zero-order chi connectivity index (χ0) is 18.8. The maximum absolute atomic E-state index is 13.5. The van der Waals surface area contributed by atoms with Gasteiger partial charge >= 0.3 is 0 Å². The van der Waals surface area contributed by atoms with Gasteiger partial charge in [0.2, 0.25) is 5.91 Å². The van der Waals surface area contributed by atoms with Crippen LogP contribution in [0.5, 0.6) is 0 Å². The minimum absolute atomic E-state index is 0.200. The van der Waals surface area contributed by atoms with Crippen molar-refractivity contribution in [3.8, 4) is 0 Å². The highest BCUT2D eigenvalue weighted by Gasteiger charge is 2.29. The number of carbonyl (C=O) groups excluding carboxylic acids is 1. The number of carbonyl (C=O) groups is 1. The number of fused-ring (bicyclic) bond motifs is 1. The second-order valence-corrected chi connectivity index (χ2v) is 6.54. The summed E-state index contributed by atoms with van der Waals surface area (Å²) in [5, 5.41) is 2.74.